The average molecular weight is 649 g/mol. The van der Waals surface area contributed by atoms with E-state index >= 15 is 0 Å². The number of esters is 1. The highest BCUT2D eigenvalue weighted by molar-refractivity contribution is 5.87. The Labute approximate surface area is 274 Å². The number of carbonyl (C=O) groups is 3. The first-order valence-electron chi connectivity index (χ1n) is 16.8. The molecule has 3 fully saturated rings. The van der Waals surface area contributed by atoms with Gasteiger partial charge in [0.25, 0.3) is 0 Å². The lowest BCUT2D eigenvalue weighted by molar-refractivity contribution is -0.226. The minimum absolute atomic E-state index is 0.00855. The van der Waals surface area contributed by atoms with Crippen LogP contribution in [0.1, 0.15) is 87.5 Å². The molecule has 0 bridgehead atoms. The Morgan fingerprint density at radius 1 is 1.09 bits per heavy atom. The Bertz CT molecular complexity index is 1100. The molecule has 3 heterocycles. The van der Waals surface area contributed by atoms with Crippen molar-refractivity contribution in [2.75, 3.05) is 19.8 Å². The zero-order valence-electron chi connectivity index (χ0n) is 28.9. The second-order valence-corrected chi connectivity index (χ2v) is 12.8. The van der Waals surface area contributed by atoms with Gasteiger partial charge in [-0.05, 0) is 65.9 Å². The Morgan fingerprint density at radius 2 is 1.83 bits per heavy atom. The largest absolute Gasteiger partial charge is 0.459 e. The molecule has 1 spiro atoms. The number of ether oxygens (including phenoxy) is 6. The van der Waals surface area contributed by atoms with Gasteiger partial charge in [-0.25, -0.2) is 0 Å². The maximum absolute atomic E-state index is 12.5. The fraction of sp³-hybridized carbons (Fsp3) is 0.743. The molecular weight excluding hydrogens is 592 g/mol. The molecule has 3 saturated heterocycles. The van der Waals surface area contributed by atoms with E-state index in [-0.39, 0.29) is 54.6 Å². The molecule has 0 aromatic rings. The highest BCUT2D eigenvalue weighted by Crippen LogP contribution is 2.45. The molecule has 260 valence electrons. The van der Waals surface area contributed by atoms with Gasteiger partial charge in [0.05, 0.1) is 37.4 Å². The van der Waals surface area contributed by atoms with E-state index < -0.39 is 30.1 Å². The van der Waals surface area contributed by atoms with Crippen LogP contribution >= 0.6 is 0 Å². The predicted molar refractivity (Wildman–Crippen MR) is 174 cm³/mol. The van der Waals surface area contributed by atoms with Gasteiger partial charge in [0.2, 0.25) is 11.8 Å². The van der Waals surface area contributed by atoms with Crippen molar-refractivity contribution in [1.29, 1.82) is 0 Å². The van der Waals surface area contributed by atoms with Crippen LogP contribution in [-0.2, 0) is 42.8 Å². The summed E-state index contributed by atoms with van der Waals surface area (Å²) in [6, 6.07) is -0.120. The number of epoxide rings is 1. The number of hydrogen-bond acceptors (Lipinski definition) is 9. The van der Waals surface area contributed by atoms with Gasteiger partial charge in [0.15, 0.2) is 6.29 Å². The second kappa shape index (κ2) is 18.1. The molecule has 3 aliphatic heterocycles. The van der Waals surface area contributed by atoms with Gasteiger partial charge in [0.1, 0.15) is 23.9 Å². The van der Waals surface area contributed by atoms with Gasteiger partial charge in [-0.2, -0.15) is 0 Å². The van der Waals surface area contributed by atoms with Gasteiger partial charge >= 0.3 is 5.97 Å². The lowest BCUT2D eigenvalue weighted by atomic mass is 9.87. The molecule has 2 amide bonds. The van der Waals surface area contributed by atoms with E-state index in [0.29, 0.717) is 26.2 Å². The first kappa shape index (κ1) is 37.9. The van der Waals surface area contributed by atoms with Crippen molar-refractivity contribution in [3.05, 3.63) is 36.0 Å². The van der Waals surface area contributed by atoms with Crippen LogP contribution < -0.4 is 10.6 Å². The normalized spacial score (nSPS) is 32.8. The molecule has 3 rings (SSSR count). The third-order valence-corrected chi connectivity index (χ3v) is 8.62. The average Bonchev–Trinajstić information content (AvgIpc) is 3.75. The van der Waals surface area contributed by atoms with Gasteiger partial charge in [0, 0.05) is 32.6 Å². The molecule has 10 unspecified atom stereocenters. The van der Waals surface area contributed by atoms with Crippen molar-refractivity contribution in [3.63, 3.8) is 0 Å². The second-order valence-electron chi connectivity index (χ2n) is 12.8. The maximum atomic E-state index is 12.5. The van der Waals surface area contributed by atoms with E-state index in [0.717, 1.165) is 24.8 Å². The SMILES string of the molecule is CCCNC(=O)CC1CC2(CO2)C(OC(C)OCC)C(C=CC(C)=CCC2OC(C)C(NC(=O)C=CC(C)OC(C)=O)CC2C)O1. The Balaban J connectivity index is 1.60. The smallest absolute Gasteiger partial charge is 0.303 e. The van der Waals surface area contributed by atoms with Crippen LogP contribution in [0.2, 0.25) is 0 Å². The predicted octanol–water partition coefficient (Wildman–Crippen LogP) is 4.30. The van der Waals surface area contributed by atoms with Crippen LogP contribution in [0.15, 0.2) is 36.0 Å². The number of allylic oxidation sites excluding steroid dienone is 2. The number of hydrogen-bond donors (Lipinski definition) is 2. The summed E-state index contributed by atoms with van der Waals surface area (Å²) in [5.74, 6) is -0.426. The van der Waals surface area contributed by atoms with E-state index in [1.807, 2.05) is 46.8 Å². The lowest BCUT2D eigenvalue weighted by Crippen LogP contribution is -2.53. The summed E-state index contributed by atoms with van der Waals surface area (Å²) in [7, 11) is 0. The molecule has 0 radical (unpaired) electrons. The van der Waals surface area contributed by atoms with Crippen molar-refractivity contribution < 1.29 is 42.8 Å². The van der Waals surface area contributed by atoms with Crippen molar-refractivity contribution in [2.24, 2.45) is 5.92 Å². The molecule has 0 aliphatic carbocycles. The quantitative estimate of drug-likeness (QED) is 0.0827. The summed E-state index contributed by atoms with van der Waals surface area (Å²) >= 11 is 0. The van der Waals surface area contributed by atoms with Crippen molar-refractivity contribution >= 4 is 17.8 Å². The number of nitrogens with one attached hydrogen (secondary N) is 2. The monoisotopic (exact) mass is 648 g/mol. The van der Waals surface area contributed by atoms with Gasteiger partial charge in [-0.3, -0.25) is 14.4 Å². The molecule has 11 nitrogen and oxygen atoms in total. The first-order chi connectivity index (χ1) is 21.8. The molecular formula is C35H56N2O9. The Hall–Kier alpha value is -2.57. The highest BCUT2D eigenvalue weighted by Gasteiger charge is 2.60. The summed E-state index contributed by atoms with van der Waals surface area (Å²) in [6.07, 6.45) is 10.3. The zero-order chi connectivity index (χ0) is 33.9. The fourth-order valence-electron chi connectivity index (χ4n) is 6.09. The van der Waals surface area contributed by atoms with Gasteiger partial charge in [-0.1, -0.05) is 37.6 Å². The van der Waals surface area contributed by atoms with Crippen LogP contribution in [0.25, 0.3) is 0 Å². The number of rotatable bonds is 16. The molecule has 11 heteroatoms. The third kappa shape index (κ3) is 11.9. The third-order valence-electron chi connectivity index (χ3n) is 8.62. The molecule has 2 N–H and O–H groups in total. The number of amides is 2. The first-order valence-corrected chi connectivity index (χ1v) is 16.8. The van der Waals surface area contributed by atoms with E-state index in [2.05, 4.69) is 23.6 Å². The minimum Gasteiger partial charge on any atom is -0.459 e. The van der Waals surface area contributed by atoms with E-state index in [1.165, 1.54) is 13.0 Å². The Kier molecular flexibility index (Phi) is 14.9. The van der Waals surface area contributed by atoms with Crippen LogP contribution in [0.3, 0.4) is 0 Å². The standard InChI is InChI=1S/C35H56N2O9/c1-9-17-36-33(40)19-28-20-35(21-42-35)34(45-27(8)41-10-2)31(46-28)15-12-22(3)11-14-30-23(4)18-29(25(6)44-30)37-32(39)16-13-24(5)43-26(7)38/h11-13,15-16,23-25,27-31,34H,9-10,14,17-21H2,1-8H3,(H,36,40)(H,37,39). The van der Waals surface area contributed by atoms with Crippen LogP contribution in [-0.4, -0.2) is 92.1 Å². The topological polar surface area (TPSA) is 134 Å². The van der Waals surface area contributed by atoms with Gasteiger partial charge < -0.3 is 39.1 Å². The van der Waals surface area contributed by atoms with E-state index in [4.69, 9.17) is 28.4 Å². The zero-order valence-corrected chi connectivity index (χ0v) is 28.9. The Morgan fingerprint density at radius 3 is 2.48 bits per heavy atom. The fourth-order valence-corrected chi connectivity index (χ4v) is 6.09. The van der Waals surface area contributed by atoms with Crippen LogP contribution in [0.4, 0.5) is 0 Å². The summed E-state index contributed by atoms with van der Waals surface area (Å²) in [4.78, 5) is 36.0. The molecule has 0 aromatic carbocycles. The van der Waals surface area contributed by atoms with Crippen molar-refractivity contribution in [1.82, 2.24) is 10.6 Å². The summed E-state index contributed by atoms with van der Waals surface area (Å²) in [5.41, 5.74) is 0.565. The minimum atomic E-state index is -0.490. The summed E-state index contributed by atoms with van der Waals surface area (Å²) in [5, 5.41) is 5.97. The molecule has 10 atom stereocenters. The van der Waals surface area contributed by atoms with Crippen molar-refractivity contribution in [2.45, 2.75) is 142 Å². The van der Waals surface area contributed by atoms with Crippen molar-refractivity contribution in [3.8, 4) is 0 Å². The number of carbonyl (C=O) groups excluding carboxylic acids is 3. The van der Waals surface area contributed by atoms with Gasteiger partial charge in [-0.15, -0.1) is 0 Å². The van der Waals surface area contributed by atoms with E-state index in [1.54, 1.807) is 13.0 Å². The highest BCUT2D eigenvalue weighted by atomic mass is 16.7. The summed E-state index contributed by atoms with van der Waals surface area (Å²) < 4.78 is 35.8. The molecule has 0 saturated carbocycles. The maximum Gasteiger partial charge on any atom is 0.303 e. The molecule has 0 aromatic heterocycles. The van der Waals surface area contributed by atoms with Crippen LogP contribution in [0.5, 0.6) is 0 Å². The summed E-state index contributed by atoms with van der Waals surface area (Å²) in [6.45, 7) is 16.8. The lowest BCUT2D eigenvalue weighted by Gasteiger charge is -2.40. The van der Waals surface area contributed by atoms with E-state index in [9.17, 15) is 14.4 Å². The van der Waals surface area contributed by atoms with Crippen LogP contribution in [0, 0.1) is 5.92 Å². The molecule has 3 aliphatic rings. The molecule has 46 heavy (non-hydrogen) atoms.